The van der Waals surface area contributed by atoms with E-state index in [4.69, 9.17) is 5.41 Å². The number of nitro groups is 1. The van der Waals surface area contributed by atoms with Crippen LogP contribution in [0.3, 0.4) is 0 Å². The van der Waals surface area contributed by atoms with Gasteiger partial charge in [0.25, 0.3) is 5.69 Å². The van der Waals surface area contributed by atoms with Crippen molar-refractivity contribution in [3.8, 4) is 0 Å². The van der Waals surface area contributed by atoms with Crippen LogP contribution in [-0.4, -0.2) is 22.4 Å². The van der Waals surface area contributed by atoms with Gasteiger partial charge in [0.2, 0.25) is 0 Å². The first-order chi connectivity index (χ1) is 10.6. The molecule has 0 aromatic heterocycles. The van der Waals surface area contributed by atoms with Crippen molar-refractivity contribution < 1.29 is 10.0 Å². The molecule has 22 heavy (non-hydrogen) atoms. The van der Waals surface area contributed by atoms with Gasteiger partial charge in [-0.2, -0.15) is 0 Å². The number of hydrogen-bond donors (Lipinski definition) is 2. The summed E-state index contributed by atoms with van der Waals surface area (Å²) in [4.78, 5) is 11.8. The third-order valence-corrected chi connectivity index (χ3v) is 3.54. The van der Waals surface area contributed by atoms with Gasteiger partial charge in [-0.05, 0) is 17.7 Å². The number of anilines is 1. The Labute approximate surface area is 126 Å². The fourth-order valence-electron chi connectivity index (χ4n) is 2.46. The number of rotatable bonds is 3. The van der Waals surface area contributed by atoms with Gasteiger partial charge in [-0.3, -0.25) is 15.5 Å². The lowest BCUT2D eigenvalue weighted by molar-refractivity contribution is -0.384. The Morgan fingerprint density at radius 3 is 2.32 bits per heavy atom. The van der Waals surface area contributed by atoms with Gasteiger partial charge in [-0.25, -0.2) is 0 Å². The summed E-state index contributed by atoms with van der Waals surface area (Å²) in [6.07, 6.45) is 0. The summed E-state index contributed by atoms with van der Waals surface area (Å²) in [6, 6.07) is 15.2. The van der Waals surface area contributed by atoms with Crippen molar-refractivity contribution in [2.45, 2.75) is 0 Å². The molecule has 0 unspecified atom stereocenters. The highest BCUT2D eigenvalue weighted by molar-refractivity contribution is 6.30. The van der Waals surface area contributed by atoms with Crippen molar-refractivity contribution in [1.29, 1.82) is 5.41 Å². The zero-order valence-electron chi connectivity index (χ0n) is 11.6. The molecule has 1 aliphatic heterocycles. The van der Waals surface area contributed by atoms with E-state index in [2.05, 4.69) is 0 Å². The summed E-state index contributed by atoms with van der Waals surface area (Å²) >= 11 is 0. The van der Waals surface area contributed by atoms with Gasteiger partial charge < -0.3 is 10.0 Å². The fraction of sp³-hybridized carbons (Fsp3) is 0.0625. The van der Waals surface area contributed by atoms with Crippen LogP contribution in [0.1, 0.15) is 5.56 Å². The molecule has 2 N–H and O–H groups in total. The molecule has 6 nitrogen and oxygen atoms in total. The van der Waals surface area contributed by atoms with Crippen molar-refractivity contribution >= 4 is 22.8 Å². The predicted molar refractivity (Wildman–Crippen MR) is 84.2 cm³/mol. The Morgan fingerprint density at radius 1 is 1.09 bits per heavy atom. The molecule has 2 aromatic carbocycles. The molecule has 0 saturated carbocycles. The average Bonchev–Trinajstić information content (AvgIpc) is 2.83. The molecule has 1 aliphatic rings. The largest absolute Gasteiger partial charge is 0.510 e. The van der Waals surface area contributed by atoms with Crippen molar-refractivity contribution in [1.82, 2.24) is 0 Å². The van der Waals surface area contributed by atoms with Crippen LogP contribution >= 0.6 is 0 Å². The third kappa shape index (κ3) is 2.31. The van der Waals surface area contributed by atoms with Crippen LogP contribution < -0.4 is 4.90 Å². The van der Waals surface area contributed by atoms with Gasteiger partial charge in [0.1, 0.15) is 11.6 Å². The van der Waals surface area contributed by atoms with Crippen molar-refractivity contribution in [3.63, 3.8) is 0 Å². The van der Waals surface area contributed by atoms with E-state index < -0.39 is 4.92 Å². The summed E-state index contributed by atoms with van der Waals surface area (Å²) in [7, 11) is 0. The van der Waals surface area contributed by atoms with Crippen LogP contribution in [-0.2, 0) is 0 Å². The second kappa shape index (κ2) is 5.33. The van der Waals surface area contributed by atoms with Gasteiger partial charge in [0, 0.05) is 17.8 Å². The molecule has 2 aromatic rings. The van der Waals surface area contributed by atoms with Gasteiger partial charge >= 0.3 is 0 Å². The minimum absolute atomic E-state index is 0.00468. The lowest BCUT2D eigenvalue weighted by atomic mass is 10.1. The van der Waals surface area contributed by atoms with Crippen molar-refractivity contribution in [3.05, 3.63) is 76.0 Å². The molecule has 0 fully saturated rings. The van der Waals surface area contributed by atoms with Crippen LogP contribution in [0.15, 0.2) is 60.4 Å². The summed E-state index contributed by atoms with van der Waals surface area (Å²) < 4.78 is 0. The smallest absolute Gasteiger partial charge is 0.269 e. The Morgan fingerprint density at radius 2 is 1.73 bits per heavy atom. The van der Waals surface area contributed by atoms with Crippen molar-refractivity contribution in [2.75, 3.05) is 11.4 Å². The van der Waals surface area contributed by atoms with E-state index in [1.807, 2.05) is 30.3 Å². The van der Waals surface area contributed by atoms with E-state index in [1.54, 1.807) is 17.0 Å². The summed E-state index contributed by atoms with van der Waals surface area (Å²) in [5.74, 6) is 0.298. The Bertz CT molecular complexity index is 767. The number of nitrogens with zero attached hydrogens (tertiary/aromatic N) is 2. The van der Waals surface area contributed by atoms with Gasteiger partial charge in [0.05, 0.1) is 17.0 Å². The topological polar surface area (TPSA) is 90.5 Å². The number of non-ortho nitro benzene ring substituents is 1. The number of hydrogen-bond acceptors (Lipinski definition) is 4. The first-order valence-corrected chi connectivity index (χ1v) is 6.66. The normalized spacial score (nSPS) is 14.5. The van der Waals surface area contributed by atoms with Gasteiger partial charge in [0.15, 0.2) is 0 Å². The Hall–Kier alpha value is -3.15. The zero-order chi connectivity index (χ0) is 15.7. The van der Waals surface area contributed by atoms with Crippen LogP contribution in [0.5, 0.6) is 0 Å². The molecule has 6 heteroatoms. The number of amidine groups is 1. The predicted octanol–water partition coefficient (Wildman–Crippen LogP) is 3.36. The number of nitrogens with one attached hydrogen (secondary N) is 1. The summed E-state index contributed by atoms with van der Waals surface area (Å²) in [5.41, 5.74) is 1.89. The first-order valence-electron chi connectivity index (χ1n) is 6.66. The number of benzene rings is 2. The quantitative estimate of drug-likeness (QED) is 0.671. The maximum absolute atomic E-state index is 10.7. The maximum atomic E-state index is 10.7. The van der Waals surface area contributed by atoms with E-state index in [0.717, 1.165) is 5.56 Å². The molecule has 3 rings (SSSR count). The number of aliphatic hydroxyl groups excluding tert-OH is 1. The van der Waals surface area contributed by atoms with Crippen LogP contribution in [0.4, 0.5) is 11.4 Å². The molecule has 0 aliphatic carbocycles. The minimum Gasteiger partial charge on any atom is -0.510 e. The van der Waals surface area contributed by atoms with E-state index in [0.29, 0.717) is 11.3 Å². The highest BCUT2D eigenvalue weighted by Crippen LogP contribution is 2.31. The molecule has 0 atom stereocenters. The Balaban J connectivity index is 1.90. The highest BCUT2D eigenvalue weighted by atomic mass is 16.6. The second-order valence-corrected chi connectivity index (χ2v) is 4.90. The van der Waals surface area contributed by atoms with E-state index in [-0.39, 0.29) is 23.8 Å². The van der Waals surface area contributed by atoms with Gasteiger partial charge in [-0.15, -0.1) is 0 Å². The lowest BCUT2D eigenvalue weighted by Gasteiger charge is -2.18. The minimum atomic E-state index is -0.468. The molecule has 0 saturated heterocycles. The standard InChI is InChI=1S/C16H13N3O3/c17-16-15(11-4-2-1-3-5-11)14(20)10-18(16)12-6-8-13(9-7-12)19(21)22/h1-9,17,20H,10H2. The Kier molecular flexibility index (Phi) is 3.34. The molecular weight excluding hydrogens is 282 g/mol. The molecule has 0 bridgehead atoms. The number of nitro benzene ring substituents is 1. The average molecular weight is 295 g/mol. The van der Waals surface area contributed by atoms with Crippen molar-refractivity contribution in [2.24, 2.45) is 0 Å². The van der Waals surface area contributed by atoms with Crippen LogP contribution in [0, 0.1) is 15.5 Å². The molecule has 1 heterocycles. The zero-order valence-corrected chi connectivity index (χ0v) is 11.6. The SMILES string of the molecule is N=C1C(c2ccccc2)=C(O)CN1c1ccc([N+](=O)[O-])cc1. The monoisotopic (exact) mass is 295 g/mol. The third-order valence-electron chi connectivity index (χ3n) is 3.54. The summed E-state index contributed by atoms with van der Waals surface area (Å²) in [6.45, 7) is 0.181. The van der Waals surface area contributed by atoms with E-state index in [1.165, 1.54) is 12.1 Å². The van der Waals surface area contributed by atoms with Gasteiger partial charge in [-0.1, -0.05) is 30.3 Å². The molecular formula is C16H13N3O3. The summed E-state index contributed by atoms with van der Waals surface area (Å²) in [5, 5.41) is 29.1. The maximum Gasteiger partial charge on any atom is 0.269 e. The first kappa shape index (κ1) is 13.8. The molecule has 110 valence electrons. The van der Waals surface area contributed by atoms with Crippen LogP contribution in [0.2, 0.25) is 0 Å². The molecule has 0 amide bonds. The molecule has 0 radical (unpaired) electrons. The van der Waals surface area contributed by atoms with E-state index in [9.17, 15) is 15.2 Å². The fourth-order valence-corrected chi connectivity index (χ4v) is 2.46. The lowest BCUT2D eigenvalue weighted by Crippen LogP contribution is -2.25. The van der Waals surface area contributed by atoms with Crippen LogP contribution in [0.25, 0.3) is 5.57 Å². The molecule has 0 spiro atoms. The number of aliphatic hydroxyl groups is 1. The highest BCUT2D eigenvalue weighted by Gasteiger charge is 2.29. The second-order valence-electron chi connectivity index (χ2n) is 4.90. The van der Waals surface area contributed by atoms with E-state index >= 15 is 0 Å².